The van der Waals surface area contributed by atoms with Gasteiger partial charge in [0.15, 0.2) is 0 Å². The molecule has 1 aromatic rings. The highest BCUT2D eigenvalue weighted by Gasteiger charge is 2.54. The van der Waals surface area contributed by atoms with Crippen LogP contribution in [0.3, 0.4) is 0 Å². The van der Waals surface area contributed by atoms with Gasteiger partial charge in [0.2, 0.25) is 23.5 Å². The zero-order valence-corrected chi connectivity index (χ0v) is 26.7. The van der Waals surface area contributed by atoms with E-state index in [1.807, 2.05) is 0 Å². The molecule has 2 heterocycles. The average Bonchev–Trinajstić information content (AvgIpc) is 2.98. The molecule has 2 unspecified atom stereocenters. The lowest BCUT2D eigenvalue weighted by Crippen LogP contribution is -2.60. The maximum absolute atomic E-state index is 13.4. The second kappa shape index (κ2) is 13.9. The van der Waals surface area contributed by atoms with Crippen LogP contribution in [-0.4, -0.2) is 70.0 Å². The second-order valence-corrected chi connectivity index (χ2v) is 14.7. The van der Waals surface area contributed by atoms with Gasteiger partial charge in [0.25, 0.3) is 11.5 Å². The SMILES string of the molecule is CCNC(=O)C(=O)CC[C@H](NC(=O)[C@@H]1CCCNC1)C(=O)Nc1cccn(CC(=O)NC2C3CC4CC2CC(Br)(C4)C3)c1=O. The second-order valence-electron chi connectivity index (χ2n) is 13.0. The molecule has 5 aliphatic rings. The van der Waals surface area contributed by atoms with E-state index in [4.69, 9.17) is 0 Å². The van der Waals surface area contributed by atoms with E-state index in [-0.39, 0.29) is 59.7 Å². The monoisotopic (exact) mass is 674 g/mol. The number of pyridine rings is 1. The fourth-order valence-electron chi connectivity index (χ4n) is 7.81. The van der Waals surface area contributed by atoms with Crippen molar-refractivity contribution in [2.24, 2.45) is 23.7 Å². The van der Waals surface area contributed by atoms with Crippen molar-refractivity contribution >= 4 is 51.0 Å². The highest BCUT2D eigenvalue weighted by atomic mass is 79.9. The Bertz CT molecular complexity index is 1330. The molecule has 1 aliphatic heterocycles. The molecule has 1 saturated heterocycles. The smallest absolute Gasteiger partial charge is 0.287 e. The zero-order valence-electron chi connectivity index (χ0n) is 25.2. The number of likely N-dealkylation sites (N-methyl/N-ethyl adjacent to an activating group) is 1. The van der Waals surface area contributed by atoms with Crippen molar-refractivity contribution in [3.63, 3.8) is 0 Å². The Balaban J connectivity index is 1.22. The van der Waals surface area contributed by atoms with Crippen LogP contribution in [0.5, 0.6) is 0 Å². The molecule has 0 spiro atoms. The first-order valence-corrected chi connectivity index (χ1v) is 16.6. The molecule has 1 aromatic heterocycles. The largest absolute Gasteiger partial charge is 0.351 e. The predicted molar refractivity (Wildman–Crippen MR) is 167 cm³/mol. The molecular weight excluding hydrogens is 632 g/mol. The molecule has 4 aliphatic carbocycles. The molecule has 4 bridgehead atoms. The first kappa shape index (κ1) is 32.3. The molecule has 44 heavy (non-hydrogen) atoms. The normalized spacial score (nSPS) is 29.4. The molecule has 4 atom stereocenters. The predicted octanol–water partition coefficient (Wildman–Crippen LogP) is 1.22. The van der Waals surface area contributed by atoms with Gasteiger partial charge in [0.1, 0.15) is 18.3 Å². The first-order chi connectivity index (χ1) is 21.0. The number of hydrogen-bond acceptors (Lipinski definition) is 7. The van der Waals surface area contributed by atoms with Crippen LogP contribution in [0.1, 0.15) is 64.7 Å². The van der Waals surface area contributed by atoms with Crippen LogP contribution in [0, 0.1) is 23.7 Å². The number of aromatic nitrogens is 1. The van der Waals surface area contributed by atoms with Crippen LogP contribution in [-0.2, 0) is 30.5 Å². The van der Waals surface area contributed by atoms with E-state index in [0.29, 0.717) is 30.7 Å². The van der Waals surface area contributed by atoms with Gasteiger partial charge in [-0.2, -0.15) is 0 Å². The fourth-order valence-corrected chi connectivity index (χ4v) is 9.09. The minimum Gasteiger partial charge on any atom is -0.351 e. The van der Waals surface area contributed by atoms with Gasteiger partial charge >= 0.3 is 0 Å². The summed E-state index contributed by atoms with van der Waals surface area (Å²) in [7, 11) is 0. The molecule has 0 aromatic carbocycles. The van der Waals surface area contributed by atoms with Gasteiger partial charge in [0.05, 0.1) is 5.92 Å². The van der Waals surface area contributed by atoms with Gasteiger partial charge in [-0.25, -0.2) is 0 Å². The molecule has 5 N–H and O–H groups in total. The average molecular weight is 676 g/mol. The molecule has 6 rings (SSSR count). The lowest BCUT2D eigenvalue weighted by molar-refractivity contribution is -0.138. The van der Waals surface area contributed by atoms with E-state index in [1.54, 1.807) is 13.0 Å². The highest BCUT2D eigenvalue weighted by Crippen LogP contribution is 2.59. The van der Waals surface area contributed by atoms with Gasteiger partial charge in [-0.1, -0.05) is 15.9 Å². The Kier molecular flexibility index (Phi) is 10.2. The molecule has 4 saturated carbocycles. The van der Waals surface area contributed by atoms with Crippen LogP contribution < -0.4 is 32.1 Å². The number of anilines is 1. The number of piperidine rings is 1. The summed E-state index contributed by atoms with van der Waals surface area (Å²) < 4.78 is 1.46. The number of nitrogens with one attached hydrogen (secondary N) is 5. The molecule has 4 amide bonds. The Labute approximate surface area is 265 Å². The number of halogens is 1. The third-order valence-electron chi connectivity index (χ3n) is 9.67. The van der Waals surface area contributed by atoms with Crippen LogP contribution in [0.4, 0.5) is 5.69 Å². The van der Waals surface area contributed by atoms with Crippen molar-refractivity contribution in [1.29, 1.82) is 0 Å². The van der Waals surface area contributed by atoms with Crippen molar-refractivity contribution in [1.82, 2.24) is 25.8 Å². The summed E-state index contributed by atoms with van der Waals surface area (Å²) in [5.41, 5.74) is -0.602. The molecule has 240 valence electrons. The lowest BCUT2D eigenvalue weighted by atomic mass is 9.54. The Morgan fingerprint density at radius 3 is 2.55 bits per heavy atom. The summed E-state index contributed by atoms with van der Waals surface area (Å²) in [5, 5.41) is 14.1. The number of carbonyl (C=O) groups excluding carboxylic acids is 5. The summed E-state index contributed by atoms with van der Waals surface area (Å²) in [6, 6.07) is 1.97. The van der Waals surface area contributed by atoms with Crippen LogP contribution >= 0.6 is 15.9 Å². The summed E-state index contributed by atoms with van der Waals surface area (Å²) in [6.07, 6.45) is 8.18. The van der Waals surface area contributed by atoms with Crippen LogP contribution in [0.15, 0.2) is 23.1 Å². The summed E-state index contributed by atoms with van der Waals surface area (Å²) in [6.45, 7) is 3.09. The van der Waals surface area contributed by atoms with Gasteiger partial charge < -0.3 is 31.2 Å². The minimum atomic E-state index is -1.14. The molecule has 13 heteroatoms. The maximum Gasteiger partial charge on any atom is 0.287 e. The number of amides is 4. The van der Waals surface area contributed by atoms with Crippen molar-refractivity contribution in [3.05, 3.63) is 28.7 Å². The number of rotatable bonds is 12. The summed E-state index contributed by atoms with van der Waals surface area (Å²) >= 11 is 3.96. The Morgan fingerprint density at radius 2 is 1.89 bits per heavy atom. The van der Waals surface area contributed by atoms with Gasteiger partial charge in [-0.05, 0) is 94.7 Å². The third-order valence-corrected chi connectivity index (χ3v) is 10.6. The molecule has 5 fully saturated rings. The van der Waals surface area contributed by atoms with E-state index < -0.39 is 29.2 Å². The highest BCUT2D eigenvalue weighted by molar-refractivity contribution is 9.10. The first-order valence-electron chi connectivity index (χ1n) is 15.9. The number of carbonyl (C=O) groups is 5. The number of alkyl halides is 1. The molecule has 12 nitrogen and oxygen atoms in total. The van der Waals surface area contributed by atoms with Crippen molar-refractivity contribution in [3.8, 4) is 0 Å². The lowest BCUT2D eigenvalue weighted by Gasteiger charge is -2.58. The van der Waals surface area contributed by atoms with Gasteiger partial charge in [-0.15, -0.1) is 0 Å². The zero-order chi connectivity index (χ0) is 31.4. The fraction of sp³-hybridized carbons (Fsp3) is 0.677. The van der Waals surface area contributed by atoms with Crippen LogP contribution in [0.2, 0.25) is 0 Å². The standard InChI is InChI=1S/C31H43BrN6O6/c1-2-34-29(43)24(39)8-7-22(35-27(41)19-5-3-9-33-16-19)28(42)36-23-6-4-10-38(30(23)44)17-25(40)37-26-20-11-18-12-21(26)15-31(32,13-18)14-20/h4,6,10,18-22,26,33H,2-3,5,7-9,11-17H2,1H3,(H,34,43)(H,35,41)(H,36,42)(H,37,40)/t18?,19-,20?,21?,22+,26?,31?/m1/s1. The summed E-state index contributed by atoms with van der Waals surface area (Å²) in [5.74, 6) is -1.46. The number of Topliss-reactive ketones (excluding diaryl/α,β-unsaturated/α-hetero) is 1. The number of nitrogens with zero attached hydrogens (tertiary/aromatic N) is 1. The Morgan fingerprint density at radius 1 is 1.14 bits per heavy atom. The third kappa shape index (κ3) is 7.59. The molecular formula is C31H43BrN6O6. The summed E-state index contributed by atoms with van der Waals surface area (Å²) in [4.78, 5) is 77.0. The van der Waals surface area contributed by atoms with E-state index in [2.05, 4.69) is 42.5 Å². The van der Waals surface area contributed by atoms with E-state index in [9.17, 15) is 28.8 Å². The maximum atomic E-state index is 13.4. The minimum absolute atomic E-state index is 0.0465. The van der Waals surface area contributed by atoms with Crippen molar-refractivity contribution in [2.45, 2.75) is 87.7 Å². The molecule has 0 radical (unpaired) electrons. The van der Waals surface area contributed by atoms with Crippen LogP contribution in [0.25, 0.3) is 0 Å². The van der Waals surface area contributed by atoms with Gasteiger partial charge in [0, 0.05) is 36.1 Å². The topological polar surface area (TPSA) is 168 Å². The number of hydrogen-bond donors (Lipinski definition) is 5. The van der Waals surface area contributed by atoms with Gasteiger partial charge in [-0.3, -0.25) is 28.8 Å². The van der Waals surface area contributed by atoms with E-state index in [0.717, 1.165) is 38.6 Å². The Hall–Kier alpha value is -3.06. The van der Waals surface area contributed by atoms with E-state index in [1.165, 1.54) is 23.3 Å². The number of ketones is 1. The van der Waals surface area contributed by atoms with Crippen molar-refractivity contribution < 1.29 is 24.0 Å². The quantitative estimate of drug-likeness (QED) is 0.164. The van der Waals surface area contributed by atoms with Crippen molar-refractivity contribution in [2.75, 3.05) is 25.0 Å². The van der Waals surface area contributed by atoms with E-state index >= 15 is 0 Å².